The molecule has 4 aromatic rings. The predicted octanol–water partition coefficient (Wildman–Crippen LogP) is 7.22. The van der Waals surface area contributed by atoms with Gasteiger partial charge in [-0.2, -0.15) is 0 Å². The summed E-state index contributed by atoms with van der Waals surface area (Å²) in [5.74, 6) is 0. The third kappa shape index (κ3) is 11.7. The van der Waals surface area contributed by atoms with Crippen molar-refractivity contribution < 1.29 is 28.4 Å². The van der Waals surface area contributed by atoms with E-state index in [0.29, 0.717) is 46.2 Å². The molecular weight excluding hydrogens is 590 g/mol. The first-order valence-electron chi connectivity index (χ1n) is 16.9. The minimum Gasteiger partial charge on any atom is -0.374 e. The first-order valence-corrected chi connectivity index (χ1v) is 16.9. The Morgan fingerprint density at radius 3 is 1.43 bits per heavy atom. The van der Waals surface area contributed by atoms with Crippen LogP contribution >= 0.6 is 0 Å². The van der Waals surface area contributed by atoms with Crippen molar-refractivity contribution in [1.82, 2.24) is 0 Å². The lowest BCUT2D eigenvalue weighted by Crippen LogP contribution is -2.61. The van der Waals surface area contributed by atoms with E-state index in [0.717, 1.165) is 47.9 Å². The maximum Gasteiger partial charge on any atom is 0.186 e. The van der Waals surface area contributed by atoms with E-state index in [2.05, 4.69) is 48.5 Å². The number of benzene rings is 4. The molecule has 0 spiro atoms. The van der Waals surface area contributed by atoms with Gasteiger partial charge in [0, 0.05) is 6.61 Å². The average molecular weight is 640 g/mol. The molecule has 0 amide bonds. The van der Waals surface area contributed by atoms with Gasteiger partial charge >= 0.3 is 0 Å². The van der Waals surface area contributed by atoms with E-state index in [1.807, 2.05) is 72.8 Å². The van der Waals surface area contributed by atoms with Crippen molar-refractivity contribution in [1.29, 1.82) is 0 Å². The van der Waals surface area contributed by atoms with E-state index in [1.54, 1.807) is 0 Å². The highest BCUT2D eigenvalue weighted by molar-refractivity contribution is 5.16. The van der Waals surface area contributed by atoms with Gasteiger partial charge in [0.1, 0.15) is 24.4 Å². The lowest BCUT2D eigenvalue weighted by atomic mass is 9.97. The molecule has 1 aliphatic rings. The molecule has 47 heavy (non-hydrogen) atoms. The molecule has 1 fully saturated rings. The summed E-state index contributed by atoms with van der Waals surface area (Å²) in [6, 6.07) is 40.6. The minimum atomic E-state index is -0.670. The van der Waals surface area contributed by atoms with Gasteiger partial charge in [-0.1, -0.05) is 134 Å². The highest BCUT2D eigenvalue weighted by Gasteiger charge is 2.49. The van der Waals surface area contributed by atoms with Crippen molar-refractivity contribution in [3.05, 3.63) is 144 Å². The summed E-state index contributed by atoms with van der Waals surface area (Å²) in [4.78, 5) is 0. The molecule has 0 bridgehead atoms. The fourth-order valence-electron chi connectivity index (χ4n) is 5.68. The Kier molecular flexibility index (Phi) is 14.9. The molecule has 2 N–H and O–H groups in total. The summed E-state index contributed by atoms with van der Waals surface area (Å²) in [5, 5.41) is 0. The summed E-state index contributed by atoms with van der Waals surface area (Å²) in [6.07, 6.45) is 1.38. The van der Waals surface area contributed by atoms with Crippen molar-refractivity contribution in [2.24, 2.45) is 5.73 Å². The van der Waals surface area contributed by atoms with Gasteiger partial charge in [-0.05, 0) is 41.6 Å². The Morgan fingerprint density at radius 2 is 0.915 bits per heavy atom. The Morgan fingerprint density at radius 1 is 0.468 bits per heavy atom. The molecule has 1 aliphatic heterocycles. The molecular formula is C40H49NO6. The van der Waals surface area contributed by atoms with Crippen LogP contribution in [0.2, 0.25) is 0 Å². The fourth-order valence-corrected chi connectivity index (χ4v) is 5.68. The second-order valence-corrected chi connectivity index (χ2v) is 11.9. The molecule has 0 unspecified atom stereocenters. The normalized spacial score (nSPS) is 21.1. The minimum absolute atomic E-state index is 0.307. The van der Waals surface area contributed by atoms with Gasteiger partial charge in [0.05, 0.1) is 33.0 Å². The van der Waals surface area contributed by atoms with Crippen molar-refractivity contribution in [2.45, 2.75) is 82.8 Å². The van der Waals surface area contributed by atoms with Crippen LogP contribution in [-0.2, 0) is 54.8 Å². The lowest BCUT2D eigenvalue weighted by Gasteiger charge is -2.46. The highest BCUT2D eigenvalue weighted by atomic mass is 16.7. The van der Waals surface area contributed by atoms with E-state index in [4.69, 9.17) is 34.2 Å². The number of hydrogen-bond acceptors (Lipinski definition) is 7. The summed E-state index contributed by atoms with van der Waals surface area (Å²) in [6.45, 7) is 3.19. The van der Waals surface area contributed by atoms with Crippen LogP contribution in [0.3, 0.4) is 0 Å². The van der Waals surface area contributed by atoms with Crippen LogP contribution in [0.4, 0.5) is 0 Å². The third-order valence-electron chi connectivity index (χ3n) is 8.22. The van der Waals surface area contributed by atoms with Gasteiger partial charge in [0.25, 0.3) is 0 Å². The SMILES string of the molecule is NCCCCCCO[C@H]1O[C@H](COCc2ccccc2)[C@@H](OCc2ccccc2)[C@H](OCc2ccccc2)[C@@H]1OCc1ccccc1. The Balaban J connectivity index is 1.40. The monoisotopic (exact) mass is 639 g/mol. The number of rotatable bonds is 20. The molecule has 5 rings (SSSR count). The quantitative estimate of drug-likeness (QED) is 0.102. The van der Waals surface area contributed by atoms with Gasteiger partial charge in [-0.25, -0.2) is 0 Å². The van der Waals surface area contributed by atoms with Crippen LogP contribution in [0, 0.1) is 0 Å². The Labute approximate surface area is 279 Å². The van der Waals surface area contributed by atoms with Crippen molar-refractivity contribution in [3.8, 4) is 0 Å². The van der Waals surface area contributed by atoms with Crippen LogP contribution in [0.5, 0.6) is 0 Å². The number of unbranched alkanes of at least 4 members (excludes halogenated alkanes) is 3. The van der Waals surface area contributed by atoms with Crippen molar-refractivity contribution in [3.63, 3.8) is 0 Å². The average Bonchev–Trinajstić information content (AvgIpc) is 3.13. The topological polar surface area (TPSA) is 81.4 Å². The first-order chi connectivity index (χ1) is 23.3. The number of ether oxygens (including phenoxy) is 6. The largest absolute Gasteiger partial charge is 0.374 e. The van der Waals surface area contributed by atoms with Gasteiger partial charge in [-0.15, -0.1) is 0 Å². The molecule has 0 radical (unpaired) electrons. The fraction of sp³-hybridized carbons (Fsp3) is 0.400. The zero-order chi connectivity index (χ0) is 32.4. The first kappa shape index (κ1) is 34.9. The van der Waals surface area contributed by atoms with Gasteiger partial charge in [-0.3, -0.25) is 0 Å². The van der Waals surface area contributed by atoms with Gasteiger partial charge in [0.15, 0.2) is 6.29 Å². The van der Waals surface area contributed by atoms with Gasteiger partial charge in [0.2, 0.25) is 0 Å². The smallest absolute Gasteiger partial charge is 0.186 e. The van der Waals surface area contributed by atoms with E-state index < -0.39 is 30.7 Å². The molecule has 7 heteroatoms. The molecule has 250 valence electrons. The molecule has 1 saturated heterocycles. The summed E-state index contributed by atoms with van der Waals surface area (Å²) in [7, 11) is 0. The predicted molar refractivity (Wildman–Crippen MR) is 183 cm³/mol. The molecule has 5 atom stereocenters. The van der Waals surface area contributed by atoms with E-state index in [9.17, 15) is 0 Å². The Bertz CT molecular complexity index is 1360. The van der Waals surface area contributed by atoms with E-state index in [-0.39, 0.29) is 0 Å². The zero-order valence-electron chi connectivity index (χ0n) is 27.2. The van der Waals surface area contributed by atoms with E-state index in [1.165, 1.54) is 0 Å². The van der Waals surface area contributed by atoms with Crippen molar-refractivity contribution >= 4 is 0 Å². The van der Waals surface area contributed by atoms with E-state index >= 15 is 0 Å². The molecule has 0 saturated carbocycles. The summed E-state index contributed by atoms with van der Waals surface area (Å²) in [5.41, 5.74) is 9.99. The maximum absolute atomic E-state index is 6.78. The standard InChI is InChI=1S/C40H49NO6/c41-25-15-1-2-16-26-43-40-39(46-30-35-23-13-6-14-24-35)38(45-29-34-21-11-5-12-22-34)37(44-28-33-19-9-4-10-20-33)36(47-40)31-42-27-32-17-7-3-8-18-32/h3-14,17-24,36-40H,1-2,15-16,25-31,41H2/t36-,37-,38+,39+,40+/m1/s1. The van der Waals surface area contributed by atoms with Crippen LogP contribution in [-0.4, -0.2) is 50.5 Å². The molecule has 7 nitrogen and oxygen atoms in total. The lowest BCUT2D eigenvalue weighted by molar-refractivity contribution is -0.328. The number of hydrogen-bond donors (Lipinski definition) is 1. The number of nitrogens with two attached hydrogens (primary N) is 1. The summed E-state index contributed by atoms with van der Waals surface area (Å²) >= 11 is 0. The maximum atomic E-state index is 6.78. The van der Waals surface area contributed by atoms with Crippen molar-refractivity contribution in [2.75, 3.05) is 19.8 Å². The van der Waals surface area contributed by atoms with Gasteiger partial charge < -0.3 is 34.2 Å². The van der Waals surface area contributed by atoms with Crippen LogP contribution in [0.15, 0.2) is 121 Å². The highest BCUT2D eigenvalue weighted by Crippen LogP contribution is 2.32. The van der Waals surface area contributed by atoms with Crippen LogP contribution < -0.4 is 5.73 Å². The Hall–Kier alpha value is -3.40. The second kappa shape index (κ2) is 20.1. The second-order valence-electron chi connectivity index (χ2n) is 11.9. The molecule has 0 aromatic heterocycles. The van der Waals surface area contributed by atoms with Crippen LogP contribution in [0.25, 0.3) is 0 Å². The molecule has 4 aromatic carbocycles. The molecule has 1 heterocycles. The molecule has 0 aliphatic carbocycles. The van der Waals surface area contributed by atoms with Crippen LogP contribution in [0.1, 0.15) is 47.9 Å². The zero-order valence-corrected chi connectivity index (χ0v) is 27.2. The third-order valence-corrected chi connectivity index (χ3v) is 8.22. The summed E-state index contributed by atoms with van der Waals surface area (Å²) < 4.78 is 39.6.